The van der Waals surface area contributed by atoms with Crippen LogP contribution in [0.15, 0.2) is 24.5 Å². The number of hydrogen-bond donors (Lipinski definition) is 1. The summed E-state index contributed by atoms with van der Waals surface area (Å²) < 4.78 is 0. The largest absolute Gasteiger partial charge is 0.316 e. The van der Waals surface area contributed by atoms with Gasteiger partial charge < -0.3 is 5.32 Å². The monoisotopic (exact) mass is 232 g/mol. The van der Waals surface area contributed by atoms with Crippen molar-refractivity contribution in [2.24, 2.45) is 16.7 Å². The Kier molecular flexibility index (Phi) is 3.03. The number of rotatable bonds is 4. The molecule has 17 heavy (non-hydrogen) atoms. The maximum atomic E-state index is 4.08. The third kappa shape index (κ3) is 1.99. The van der Waals surface area contributed by atoms with E-state index < -0.39 is 0 Å². The van der Waals surface area contributed by atoms with E-state index in [1.807, 2.05) is 12.4 Å². The second-order valence-electron chi connectivity index (χ2n) is 6.38. The summed E-state index contributed by atoms with van der Waals surface area (Å²) in [6.07, 6.45) is 4.85. The number of pyridine rings is 1. The van der Waals surface area contributed by atoms with E-state index in [9.17, 15) is 0 Å². The van der Waals surface area contributed by atoms with Gasteiger partial charge in [0.1, 0.15) is 0 Å². The van der Waals surface area contributed by atoms with Crippen LogP contribution in [0, 0.1) is 16.7 Å². The first kappa shape index (κ1) is 12.6. The third-order valence-corrected chi connectivity index (χ3v) is 5.11. The van der Waals surface area contributed by atoms with Gasteiger partial charge in [0.15, 0.2) is 0 Å². The molecule has 0 spiro atoms. The Morgan fingerprint density at radius 3 is 2.12 bits per heavy atom. The molecule has 0 radical (unpaired) electrons. The van der Waals surface area contributed by atoms with Crippen molar-refractivity contribution >= 4 is 0 Å². The van der Waals surface area contributed by atoms with Gasteiger partial charge in [0.2, 0.25) is 0 Å². The first-order valence-electron chi connectivity index (χ1n) is 6.47. The van der Waals surface area contributed by atoms with Gasteiger partial charge in [0, 0.05) is 18.4 Å². The van der Waals surface area contributed by atoms with E-state index >= 15 is 0 Å². The van der Waals surface area contributed by atoms with Crippen LogP contribution in [0.1, 0.15) is 33.3 Å². The molecular weight excluding hydrogens is 208 g/mol. The number of nitrogens with one attached hydrogen (secondary N) is 1. The van der Waals surface area contributed by atoms with Crippen LogP contribution >= 0.6 is 0 Å². The van der Waals surface area contributed by atoms with E-state index in [0.29, 0.717) is 16.9 Å². The molecule has 0 aliphatic heterocycles. The summed E-state index contributed by atoms with van der Waals surface area (Å²) >= 11 is 0. The van der Waals surface area contributed by atoms with Gasteiger partial charge in [-0.25, -0.2) is 0 Å². The van der Waals surface area contributed by atoms with Crippen LogP contribution in [0.4, 0.5) is 0 Å². The number of aromatic nitrogens is 1. The first-order chi connectivity index (χ1) is 7.91. The van der Waals surface area contributed by atoms with Gasteiger partial charge in [-0.05, 0) is 47.9 Å². The number of nitrogens with zero attached hydrogens (tertiary/aromatic N) is 1. The molecule has 2 rings (SSSR count). The van der Waals surface area contributed by atoms with Crippen molar-refractivity contribution in [3.8, 4) is 0 Å². The second kappa shape index (κ2) is 4.09. The zero-order valence-electron chi connectivity index (χ0n) is 11.6. The molecule has 1 heterocycles. The van der Waals surface area contributed by atoms with Gasteiger partial charge in [-0.15, -0.1) is 0 Å². The van der Waals surface area contributed by atoms with Crippen molar-refractivity contribution in [3.05, 3.63) is 30.1 Å². The Balaban J connectivity index is 2.10. The van der Waals surface area contributed by atoms with Gasteiger partial charge in [-0.2, -0.15) is 0 Å². The number of hydrogen-bond acceptors (Lipinski definition) is 2. The zero-order valence-corrected chi connectivity index (χ0v) is 11.6. The Labute approximate surface area is 105 Å². The zero-order chi connectivity index (χ0) is 12.7. The fraction of sp³-hybridized carbons (Fsp3) is 0.667. The highest BCUT2D eigenvalue weighted by Gasteiger charge is 2.66. The summed E-state index contributed by atoms with van der Waals surface area (Å²) in [5.74, 6) is 0.744. The summed E-state index contributed by atoms with van der Waals surface area (Å²) in [5.41, 5.74) is 2.25. The molecular formula is C15H24N2. The lowest BCUT2D eigenvalue weighted by atomic mass is 9.97. The predicted molar refractivity (Wildman–Crippen MR) is 71.8 cm³/mol. The fourth-order valence-corrected chi connectivity index (χ4v) is 3.41. The van der Waals surface area contributed by atoms with E-state index in [2.05, 4.69) is 57.2 Å². The predicted octanol–water partition coefficient (Wildman–Crippen LogP) is 2.89. The average molecular weight is 232 g/mol. The molecule has 2 nitrogen and oxygen atoms in total. The highest BCUT2D eigenvalue weighted by atomic mass is 14.9. The molecule has 1 aliphatic carbocycles. The summed E-state index contributed by atoms with van der Waals surface area (Å²) in [6.45, 7) is 9.53. The average Bonchev–Trinajstić information content (AvgIpc) is 2.68. The standard InChI is InChI=1S/C15H24N2/c1-14(2)13(15(14,3)4)12(16-5)10-11-6-8-17-9-7-11/h6-9,12-13,16H,10H2,1-5H3. The summed E-state index contributed by atoms with van der Waals surface area (Å²) in [4.78, 5) is 4.08. The van der Waals surface area contributed by atoms with E-state index in [1.54, 1.807) is 0 Å². The lowest BCUT2D eigenvalue weighted by Gasteiger charge is -2.18. The molecule has 0 bridgehead atoms. The van der Waals surface area contributed by atoms with E-state index in [0.717, 1.165) is 12.3 Å². The quantitative estimate of drug-likeness (QED) is 0.863. The normalized spacial score (nSPS) is 23.4. The molecule has 0 amide bonds. The molecule has 1 atom stereocenters. The highest BCUT2D eigenvalue weighted by Crippen LogP contribution is 2.69. The van der Waals surface area contributed by atoms with Crippen LogP contribution < -0.4 is 5.32 Å². The van der Waals surface area contributed by atoms with E-state index in [-0.39, 0.29) is 0 Å². The molecule has 1 saturated carbocycles. The number of likely N-dealkylation sites (N-methyl/N-ethyl adjacent to an activating group) is 1. The second-order valence-corrected chi connectivity index (χ2v) is 6.38. The molecule has 1 aliphatic rings. The molecule has 1 N–H and O–H groups in total. The van der Waals surface area contributed by atoms with Gasteiger partial charge in [0.25, 0.3) is 0 Å². The smallest absolute Gasteiger partial charge is 0.0270 e. The van der Waals surface area contributed by atoms with Crippen molar-refractivity contribution in [3.63, 3.8) is 0 Å². The topological polar surface area (TPSA) is 24.9 Å². The van der Waals surface area contributed by atoms with Gasteiger partial charge in [-0.3, -0.25) is 4.98 Å². The summed E-state index contributed by atoms with van der Waals surface area (Å²) in [6, 6.07) is 4.79. The molecule has 1 aromatic rings. The fourth-order valence-electron chi connectivity index (χ4n) is 3.41. The molecule has 94 valence electrons. The Morgan fingerprint density at radius 1 is 1.18 bits per heavy atom. The van der Waals surface area contributed by atoms with E-state index in [1.165, 1.54) is 5.56 Å². The van der Waals surface area contributed by atoms with Gasteiger partial charge in [0.05, 0.1) is 0 Å². The Bertz CT molecular complexity index is 367. The molecule has 0 saturated heterocycles. The molecule has 0 aromatic carbocycles. The van der Waals surface area contributed by atoms with Crippen LogP contribution in [0.5, 0.6) is 0 Å². The van der Waals surface area contributed by atoms with E-state index in [4.69, 9.17) is 0 Å². The Morgan fingerprint density at radius 2 is 1.71 bits per heavy atom. The maximum Gasteiger partial charge on any atom is 0.0270 e. The highest BCUT2D eigenvalue weighted by molar-refractivity contribution is 5.20. The Hall–Kier alpha value is -0.890. The lowest BCUT2D eigenvalue weighted by molar-refractivity contribution is 0.421. The minimum atomic E-state index is 0.438. The van der Waals surface area contributed by atoms with Crippen LogP contribution in [-0.4, -0.2) is 18.1 Å². The lowest BCUT2D eigenvalue weighted by Crippen LogP contribution is -2.32. The van der Waals surface area contributed by atoms with Gasteiger partial charge >= 0.3 is 0 Å². The van der Waals surface area contributed by atoms with Crippen molar-refractivity contribution in [2.75, 3.05) is 7.05 Å². The first-order valence-corrected chi connectivity index (χ1v) is 6.47. The molecule has 2 heteroatoms. The van der Waals surface area contributed by atoms with Gasteiger partial charge in [-0.1, -0.05) is 27.7 Å². The summed E-state index contributed by atoms with van der Waals surface area (Å²) in [5, 5.41) is 3.50. The molecule has 1 fully saturated rings. The van der Waals surface area contributed by atoms with Crippen molar-refractivity contribution in [2.45, 2.75) is 40.2 Å². The summed E-state index contributed by atoms with van der Waals surface area (Å²) in [7, 11) is 2.08. The van der Waals surface area contributed by atoms with Crippen molar-refractivity contribution in [1.82, 2.24) is 10.3 Å². The van der Waals surface area contributed by atoms with Crippen LogP contribution in [0.25, 0.3) is 0 Å². The van der Waals surface area contributed by atoms with Crippen LogP contribution in [-0.2, 0) is 6.42 Å². The SMILES string of the molecule is CNC(Cc1ccncc1)C1C(C)(C)C1(C)C. The minimum Gasteiger partial charge on any atom is -0.316 e. The van der Waals surface area contributed by atoms with Crippen molar-refractivity contribution < 1.29 is 0 Å². The van der Waals surface area contributed by atoms with Crippen molar-refractivity contribution in [1.29, 1.82) is 0 Å². The van der Waals surface area contributed by atoms with Crippen LogP contribution in [0.2, 0.25) is 0 Å². The molecule has 1 unspecified atom stereocenters. The third-order valence-electron chi connectivity index (χ3n) is 5.11. The molecule has 1 aromatic heterocycles. The van der Waals surface area contributed by atoms with Crippen LogP contribution in [0.3, 0.4) is 0 Å². The maximum absolute atomic E-state index is 4.08. The minimum absolute atomic E-state index is 0.438.